The zero-order valence-electron chi connectivity index (χ0n) is 11.5. The van der Waals surface area contributed by atoms with E-state index in [4.69, 9.17) is 0 Å². The van der Waals surface area contributed by atoms with Crippen LogP contribution in [0.25, 0.3) is 0 Å². The molecule has 3 rings (SSSR count). The predicted molar refractivity (Wildman–Crippen MR) is 81.0 cm³/mol. The Morgan fingerprint density at radius 3 is 2.90 bits per heavy atom. The molecule has 3 heteroatoms. The lowest BCUT2D eigenvalue weighted by Crippen LogP contribution is -2.20. The van der Waals surface area contributed by atoms with Crippen LogP contribution >= 0.6 is 0 Å². The molecule has 1 atom stereocenters. The molecule has 102 valence electrons. The highest BCUT2D eigenvalue weighted by atomic mass is 16.1. The number of hydrogen-bond donors (Lipinski definition) is 2. The van der Waals surface area contributed by atoms with Gasteiger partial charge in [0.25, 0.3) is 5.91 Å². The molecule has 2 aromatic carbocycles. The largest absolute Gasteiger partial charge is 0.378 e. The van der Waals surface area contributed by atoms with Crippen molar-refractivity contribution in [3.05, 3.63) is 65.2 Å². The number of aryl methyl sites for hydroxylation is 1. The summed E-state index contributed by atoms with van der Waals surface area (Å²) >= 11 is 0. The van der Waals surface area contributed by atoms with Crippen molar-refractivity contribution in [1.29, 1.82) is 0 Å². The van der Waals surface area contributed by atoms with Crippen molar-refractivity contribution in [3.8, 4) is 0 Å². The Bertz CT molecular complexity index is 636. The Labute approximate surface area is 119 Å². The summed E-state index contributed by atoms with van der Waals surface area (Å²) in [5, 5.41) is 6.23. The maximum Gasteiger partial charge on any atom is 0.251 e. The topological polar surface area (TPSA) is 41.1 Å². The standard InChI is InChI=1S/C17H18N2O/c1-18-17(20)14-7-4-6-13(11-14)16-10-9-12-5-2-3-8-15(12)19-16/h2-8,11,16,19H,9-10H2,1H3,(H,18,20). The van der Waals surface area contributed by atoms with E-state index in [-0.39, 0.29) is 11.9 Å². The highest BCUT2D eigenvalue weighted by Gasteiger charge is 2.19. The van der Waals surface area contributed by atoms with Crippen molar-refractivity contribution < 1.29 is 4.79 Å². The Balaban J connectivity index is 1.86. The number of benzene rings is 2. The Kier molecular flexibility index (Phi) is 3.42. The van der Waals surface area contributed by atoms with Crippen LogP contribution in [0.3, 0.4) is 0 Å². The number of para-hydroxylation sites is 1. The second kappa shape index (κ2) is 5.37. The second-order valence-corrected chi connectivity index (χ2v) is 5.10. The third kappa shape index (κ3) is 2.39. The summed E-state index contributed by atoms with van der Waals surface area (Å²) in [5.41, 5.74) is 4.45. The minimum atomic E-state index is -0.0388. The molecular weight excluding hydrogens is 248 g/mol. The first-order chi connectivity index (χ1) is 9.78. The maximum atomic E-state index is 11.7. The third-order valence-electron chi connectivity index (χ3n) is 3.83. The molecular formula is C17H18N2O. The molecule has 0 saturated heterocycles. The van der Waals surface area contributed by atoms with Crippen LogP contribution < -0.4 is 10.6 Å². The summed E-state index contributed by atoms with van der Waals surface area (Å²) in [5.74, 6) is -0.0388. The summed E-state index contributed by atoms with van der Waals surface area (Å²) in [7, 11) is 1.66. The van der Waals surface area contributed by atoms with E-state index in [0.29, 0.717) is 5.56 Å². The number of rotatable bonds is 2. The number of nitrogens with one attached hydrogen (secondary N) is 2. The lowest BCUT2D eigenvalue weighted by atomic mass is 9.92. The fourth-order valence-corrected chi connectivity index (χ4v) is 2.73. The molecule has 1 amide bonds. The lowest BCUT2D eigenvalue weighted by molar-refractivity contribution is 0.0963. The quantitative estimate of drug-likeness (QED) is 0.876. The van der Waals surface area contributed by atoms with Gasteiger partial charge in [0.15, 0.2) is 0 Å². The monoisotopic (exact) mass is 266 g/mol. The van der Waals surface area contributed by atoms with Crippen LogP contribution in [0.1, 0.15) is 33.9 Å². The number of carbonyl (C=O) groups is 1. The molecule has 3 nitrogen and oxygen atoms in total. The lowest BCUT2D eigenvalue weighted by Gasteiger charge is -2.27. The van der Waals surface area contributed by atoms with Crippen LogP contribution in [-0.2, 0) is 6.42 Å². The van der Waals surface area contributed by atoms with Crippen LogP contribution in [0.2, 0.25) is 0 Å². The number of fused-ring (bicyclic) bond motifs is 1. The van der Waals surface area contributed by atoms with Gasteiger partial charge in [-0.05, 0) is 42.2 Å². The van der Waals surface area contributed by atoms with Crippen molar-refractivity contribution in [2.75, 3.05) is 12.4 Å². The minimum absolute atomic E-state index is 0.0388. The van der Waals surface area contributed by atoms with Crippen molar-refractivity contribution in [2.45, 2.75) is 18.9 Å². The van der Waals surface area contributed by atoms with Crippen LogP contribution in [0.5, 0.6) is 0 Å². The van der Waals surface area contributed by atoms with Gasteiger partial charge in [0.05, 0.1) is 6.04 Å². The highest BCUT2D eigenvalue weighted by Crippen LogP contribution is 2.32. The predicted octanol–water partition coefficient (Wildman–Crippen LogP) is 3.15. The van der Waals surface area contributed by atoms with E-state index in [9.17, 15) is 4.79 Å². The number of carbonyl (C=O) groups excluding carboxylic acids is 1. The fraction of sp³-hybridized carbons (Fsp3) is 0.235. The van der Waals surface area contributed by atoms with Gasteiger partial charge < -0.3 is 10.6 Å². The van der Waals surface area contributed by atoms with E-state index < -0.39 is 0 Å². The average Bonchev–Trinajstić information content (AvgIpc) is 2.53. The first-order valence-corrected chi connectivity index (χ1v) is 6.94. The minimum Gasteiger partial charge on any atom is -0.378 e. The van der Waals surface area contributed by atoms with Gasteiger partial charge >= 0.3 is 0 Å². The normalized spacial score (nSPS) is 16.9. The zero-order chi connectivity index (χ0) is 13.9. The highest BCUT2D eigenvalue weighted by molar-refractivity contribution is 5.94. The zero-order valence-corrected chi connectivity index (χ0v) is 11.5. The Morgan fingerprint density at radius 1 is 1.20 bits per heavy atom. The molecule has 1 heterocycles. The Hall–Kier alpha value is -2.29. The summed E-state index contributed by atoms with van der Waals surface area (Å²) in [6, 6.07) is 16.5. The van der Waals surface area contributed by atoms with Crippen molar-refractivity contribution in [3.63, 3.8) is 0 Å². The van der Waals surface area contributed by atoms with E-state index in [2.05, 4.69) is 41.0 Å². The molecule has 0 spiro atoms. The first kappa shape index (κ1) is 12.7. The van der Waals surface area contributed by atoms with Gasteiger partial charge in [-0.25, -0.2) is 0 Å². The van der Waals surface area contributed by atoms with Gasteiger partial charge in [0, 0.05) is 18.3 Å². The van der Waals surface area contributed by atoms with Crippen molar-refractivity contribution in [2.24, 2.45) is 0 Å². The summed E-state index contributed by atoms with van der Waals surface area (Å²) in [4.78, 5) is 11.7. The fourth-order valence-electron chi connectivity index (χ4n) is 2.73. The van der Waals surface area contributed by atoms with Gasteiger partial charge in [-0.1, -0.05) is 30.3 Å². The molecule has 1 unspecified atom stereocenters. The van der Waals surface area contributed by atoms with Crippen LogP contribution in [-0.4, -0.2) is 13.0 Å². The van der Waals surface area contributed by atoms with E-state index in [0.717, 1.165) is 12.8 Å². The molecule has 0 aromatic heterocycles. The summed E-state index contributed by atoms with van der Waals surface area (Å²) < 4.78 is 0. The average molecular weight is 266 g/mol. The molecule has 1 aliphatic heterocycles. The van der Waals surface area contributed by atoms with Crippen LogP contribution in [0.15, 0.2) is 48.5 Å². The van der Waals surface area contributed by atoms with Gasteiger partial charge in [-0.15, -0.1) is 0 Å². The second-order valence-electron chi connectivity index (χ2n) is 5.10. The van der Waals surface area contributed by atoms with E-state index in [1.165, 1.54) is 16.8 Å². The molecule has 0 saturated carbocycles. The van der Waals surface area contributed by atoms with Gasteiger partial charge in [-0.2, -0.15) is 0 Å². The molecule has 2 aromatic rings. The Morgan fingerprint density at radius 2 is 2.05 bits per heavy atom. The van der Waals surface area contributed by atoms with Crippen LogP contribution in [0.4, 0.5) is 5.69 Å². The van der Waals surface area contributed by atoms with Crippen LogP contribution in [0, 0.1) is 0 Å². The molecule has 0 bridgehead atoms. The smallest absolute Gasteiger partial charge is 0.251 e. The molecule has 20 heavy (non-hydrogen) atoms. The van der Waals surface area contributed by atoms with E-state index >= 15 is 0 Å². The number of anilines is 1. The third-order valence-corrected chi connectivity index (χ3v) is 3.83. The number of hydrogen-bond acceptors (Lipinski definition) is 2. The van der Waals surface area contributed by atoms with Crippen molar-refractivity contribution >= 4 is 11.6 Å². The molecule has 0 aliphatic carbocycles. The van der Waals surface area contributed by atoms with E-state index in [1.54, 1.807) is 7.05 Å². The first-order valence-electron chi connectivity index (χ1n) is 6.94. The SMILES string of the molecule is CNC(=O)c1cccc(C2CCc3ccccc3N2)c1. The van der Waals surface area contributed by atoms with Gasteiger partial charge in [0.2, 0.25) is 0 Å². The molecule has 2 N–H and O–H groups in total. The van der Waals surface area contributed by atoms with Gasteiger partial charge in [0.1, 0.15) is 0 Å². The maximum absolute atomic E-state index is 11.7. The number of amides is 1. The van der Waals surface area contributed by atoms with E-state index in [1.807, 2.05) is 18.2 Å². The van der Waals surface area contributed by atoms with Crippen molar-refractivity contribution in [1.82, 2.24) is 5.32 Å². The molecule has 0 radical (unpaired) electrons. The summed E-state index contributed by atoms with van der Waals surface area (Å²) in [6.45, 7) is 0. The van der Waals surface area contributed by atoms with Gasteiger partial charge in [-0.3, -0.25) is 4.79 Å². The molecule has 0 fully saturated rings. The summed E-state index contributed by atoms with van der Waals surface area (Å²) in [6.07, 6.45) is 2.12. The molecule has 1 aliphatic rings.